The molecule has 133 valence electrons. The Bertz CT molecular complexity index is 273. The number of hydrogen-bond acceptors (Lipinski definition) is 8. The van der Waals surface area contributed by atoms with Crippen LogP contribution in [0, 0.1) is 0 Å². The van der Waals surface area contributed by atoms with Gasteiger partial charge in [0.2, 0.25) is 0 Å². The predicted octanol–water partition coefficient (Wildman–Crippen LogP) is -0.233. The van der Waals surface area contributed by atoms with Crippen LogP contribution in [0.25, 0.3) is 0 Å². The zero-order chi connectivity index (χ0) is 15.4. The first-order chi connectivity index (χ1) is 9.60. The number of thiol groups is 2. The maximum Gasteiger partial charge on any atom is 0.323 e. The Labute approximate surface area is 156 Å². The fraction of sp³-hybridized carbons (Fsp3) is 0.833. The van der Waals surface area contributed by atoms with E-state index in [1.807, 2.05) is 0 Å². The van der Waals surface area contributed by atoms with Crippen LogP contribution in [0.4, 0.5) is 0 Å². The van der Waals surface area contributed by atoms with Crippen molar-refractivity contribution >= 4 is 37.2 Å². The van der Waals surface area contributed by atoms with E-state index in [0.717, 1.165) is 0 Å². The number of carbonyl (C=O) groups excluding carboxylic acids is 2. The second kappa shape index (κ2) is 17.5. The number of carbonyl (C=O) groups is 2. The van der Waals surface area contributed by atoms with Crippen molar-refractivity contribution in [2.45, 2.75) is 25.9 Å². The summed E-state index contributed by atoms with van der Waals surface area (Å²) in [6, 6.07) is -0.894. The van der Waals surface area contributed by atoms with Gasteiger partial charge >= 0.3 is 11.9 Å². The molecule has 22 heavy (non-hydrogen) atoms. The van der Waals surface area contributed by atoms with E-state index in [2.05, 4.69) is 35.9 Å². The standard InChI is InChI=1S/C12H24N2O4S2.O.Tc/c1-3-17-11(15)9(7-19)13-5-6-14-10(8-20)12(16)18-4-2;;/h9-10,13-14,19-20H,3-8H2,1-2H3;;/q;-2;/t9-,10-;;/m0../s1/i;;1+1. The van der Waals surface area contributed by atoms with Crippen LogP contribution in [0.15, 0.2) is 0 Å². The van der Waals surface area contributed by atoms with Crippen molar-refractivity contribution in [2.24, 2.45) is 0 Å². The zero-order valence-electron chi connectivity index (χ0n) is 12.7. The molecule has 0 aliphatic rings. The maximum absolute atomic E-state index is 11.5. The van der Waals surface area contributed by atoms with E-state index in [1.165, 1.54) is 0 Å². The fourth-order valence-electron chi connectivity index (χ4n) is 1.42. The van der Waals surface area contributed by atoms with Gasteiger partial charge in [0.05, 0.1) is 13.2 Å². The van der Waals surface area contributed by atoms with Gasteiger partial charge in [0.15, 0.2) is 0 Å². The third-order valence-electron chi connectivity index (χ3n) is 2.41. The summed E-state index contributed by atoms with van der Waals surface area (Å²) in [6.45, 7) is 5.21. The fourth-order valence-corrected chi connectivity index (χ4v) is 1.98. The summed E-state index contributed by atoms with van der Waals surface area (Å²) in [5.41, 5.74) is 0. The third-order valence-corrected chi connectivity index (χ3v) is 3.14. The van der Waals surface area contributed by atoms with Gasteiger partial charge in [-0.2, -0.15) is 25.3 Å². The van der Waals surface area contributed by atoms with E-state index in [1.54, 1.807) is 13.8 Å². The second-order valence-electron chi connectivity index (χ2n) is 3.88. The maximum atomic E-state index is 11.5. The van der Waals surface area contributed by atoms with E-state index in [0.29, 0.717) is 37.8 Å². The zero-order valence-corrected chi connectivity index (χ0v) is 16.4. The summed E-state index contributed by atoms with van der Waals surface area (Å²) >= 11 is 8.20. The van der Waals surface area contributed by atoms with Crippen molar-refractivity contribution in [3.8, 4) is 0 Å². The van der Waals surface area contributed by atoms with E-state index < -0.39 is 12.1 Å². The van der Waals surface area contributed by atoms with Crippen molar-refractivity contribution in [3.05, 3.63) is 0 Å². The molecule has 1 radical (unpaired) electrons. The van der Waals surface area contributed by atoms with Crippen molar-refractivity contribution in [1.82, 2.24) is 10.6 Å². The molecule has 0 rings (SSSR count). The minimum Gasteiger partial charge on any atom is -2.00 e. The summed E-state index contributed by atoms with van der Waals surface area (Å²) in [7, 11) is 0. The topological polar surface area (TPSA) is 105 Å². The molecule has 7 nitrogen and oxygen atoms in total. The van der Waals surface area contributed by atoms with Crippen molar-refractivity contribution in [1.29, 1.82) is 0 Å². The Kier molecular flexibility index (Phi) is 21.5. The number of rotatable bonds is 11. The molecule has 0 spiro atoms. The quantitative estimate of drug-likeness (QED) is 0.201. The molecule has 0 bridgehead atoms. The Morgan fingerprint density at radius 1 is 0.909 bits per heavy atom. The molecule has 0 unspecified atom stereocenters. The third kappa shape index (κ3) is 11.7. The molecule has 0 amide bonds. The summed E-state index contributed by atoms with van der Waals surface area (Å²) in [6.07, 6.45) is 0. The minimum absolute atomic E-state index is 0. The Morgan fingerprint density at radius 3 is 1.45 bits per heavy atom. The minimum atomic E-state index is -0.447. The van der Waals surface area contributed by atoms with Crippen LogP contribution >= 0.6 is 25.3 Å². The number of nitrogens with one attached hydrogen (secondary N) is 2. The normalized spacial score (nSPS) is 12.4. The Balaban J connectivity index is -0.00000180. The summed E-state index contributed by atoms with van der Waals surface area (Å²) < 4.78 is 9.81. The van der Waals surface area contributed by atoms with Gasteiger partial charge in [-0.25, -0.2) is 0 Å². The molecular formula is C12H24N2O5S2Tc-2. The van der Waals surface area contributed by atoms with Crippen LogP contribution in [0.2, 0.25) is 0 Å². The van der Waals surface area contributed by atoms with Crippen LogP contribution < -0.4 is 10.6 Å². The molecule has 0 saturated carbocycles. The number of esters is 2. The van der Waals surface area contributed by atoms with Crippen LogP contribution in [-0.2, 0) is 44.6 Å². The molecule has 0 aromatic heterocycles. The average molecular weight is 439 g/mol. The van der Waals surface area contributed by atoms with Crippen molar-refractivity contribution in [3.63, 3.8) is 0 Å². The van der Waals surface area contributed by atoms with E-state index in [9.17, 15) is 9.59 Å². The number of hydrogen-bond donors (Lipinski definition) is 4. The first-order valence-corrected chi connectivity index (χ1v) is 7.88. The van der Waals surface area contributed by atoms with Crippen molar-refractivity contribution in [2.75, 3.05) is 37.8 Å². The molecule has 0 saturated heterocycles. The van der Waals surface area contributed by atoms with E-state index in [4.69, 9.17) is 9.47 Å². The Morgan fingerprint density at radius 2 is 1.23 bits per heavy atom. The van der Waals surface area contributed by atoms with Gasteiger partial charge in [-0.05, 0) is 13.8 Å². The molecule has 10 heteroatoms. The van der Waals surface area contributed by atoms with Gasteiger partial charge < -0.3 is 25.6 Å². The van der Waals surface area contributed by atoms with Crippen LogP contribution in [0.3, 0.4) is 0 Å². The van der Waals surface area contributed by atoms with Gasteiger partial charge in [-0.1, -0.05) is 0 Å². The van der Waals surface area contributed by atoms with Gasteiger partial charge in [0.25, 0.3) is 0 Å². The molecule has 2 atom stereocenters. The Hall–Kier alpha value is 0.169. The van der Waals surface area contributed by atoms with Crippen LogP contribution in [0.5, 0.6) is 0 Å². The summed E-state index contributed by atoms with van der Waals surface area (Å²) in [5.74, 6) is 0.0663. The molecule has 0 aliphatic heterocycles. The van der Waals surface area contributed by atoms with Crippen LogP contribution in [-0.4, -0.2) is 61.8 Å². The summed E-state index contributed by atoms with van der Waals surface area (Å²) in [4.78, 5) is 23.0. The average Bonchev–Trinajstić information content (AvgIpc) is 2.43. The molecule has 0 fully saturated rings. The molecule has 2 N–H and O–H groups in total. The first-order valence-electron chi connectivity index (χ1n) is 6.62. The van der Waals surface area contributed by atoms with Gasteiger partial charge in [0, 0.05) is 44.7 Å². The predicted molar refractivity (Wildman–Crippen MR) is 85.2 cm³/mol. The van der Waals surface area contributed by atoms with Crippen molar-refractivity contribution < 1.29 is 44.6 Å². The first kappa shape index (κ1) is 27.0. The van der Waals surface area contributed by atoms with E-state index >= 15 is 0 Å². The molecule has 0 aromatic carbocycles. The molecular weight excluding hydrogens is 415 g/mol. The SMILES string of the molecule is CCOC(=O)[C@H](CS)NCCN[C@@H](CS)C(=O)OCC.[99Tc].[O-2]. The van der Waals surface area contributed by atoms with Gasteiger partial charge in [-0.15, -0.1) is 0 Å². The van der Waals surface area contributed by atoms with Crippen LogP contribution in [0.1, 0.15) is 13.8 Å². The molecule has 0 heterocycles. The summed E-state index contributed by atoms with van der Waals surface area (Å²) in [5, 5.41) is 6.03. The second-order valence-corrected chi connectivity index (χ2v) is 4.61. The van der Waals surface area contributed by atoms with Gasteiger partial charge in [-0.3, -0.25) is 9.59 Å². The monoisotopic (exact) mass is 439 g/mol. The van der Waals surface area contributed by atoms with E-state index in [-0.39, 0.29) is 37.5 Å². The molecule has 0 aliphatic carbocycles. The largest absolute Gasteiger partial charge is 2.00 e. The smallest absolute Gasteiger partial charge is 0.323 e. The van der Waals surface area contributed by atoms with Gasteiger partial charge in [0.1, 0.15) is 12.1 Å². The molecule has 0 aromatic rings. The number of ether oxygens (including phenoxy) is 2.